The Morgan fingerprint density at radius 2 is 1.95 bits per heavy atom. The van der Waals surface area contributed by atoms with Crippen LogP contribution >= 0.6 is 0 Å². The zero-order chi connectivity index (χ0) is 14.9. The predicted octanol–water partition coefficient (Wildman–Crippen LogP) is 1.32. The summed E-state index contributed by atoms with van der Waals surface area (Å²) in [6.45, 7) is 3.20. The highest BCUT2D eigenvalue weighted by atomic mass is 16.4. The summed E-state index contributed by atoms with van der Waals surface area (Å²) in [7, 11) is 0. The first-order chi connectivity index (χ1) is 9.41. The molecule has 2 rings (SSSR count). The summed E-state index contributed by atoms with van der Waals surface area (Å²) in [5.74, 6) is -1.73. The van der Waals surface area contributed by atoms with E-state index in [-0.39, 0.29) is 6.42 Å². The van der Waals surface area contributed by atoms with Crippen molar-refractivity contribution in [3.63, 3.8) is 0 Å². The van der Waals surface area contributed by atoms with E-state index >= 15 is 0 Å². The fourth-order valence-corrected chi connectivity index (χ4v) is 2.38. The zero-order valence-corrected chi connectivity index (χ0v) is 11.3. The average Bonchev–Trinajstić information content (AvgIpc) is 2.65. The van der Waals surface area contributed by atoms with Crippen molar-refractivity contribution in [3.8, 4) is 0 Å². The van der Waals surface area contributed by atoms with E-state index in [9.17, 15) is 14.4 Å². The highest BCUT2D eigenvalue weighted by molar-refractivity contribution is 6.09. The van der Waals surface area contributed by atoms with Crippen LogP contribution in [0.25, 0.3) is 0 Å². The molecule has 1 fully saturated rings. The summed E-state index contributed by atoms with van der Waals surface area (Å²) in [4.78, 5) is 36.5. The lowest BCUT2D eigenvalue weighted by atomic mass is 9.92. The molecule has 0 aromatic heterocycles. The van der Waals surface area contributed by atoms with E-state index in [1.807, 2.05) is 0 Å². The van der Waals surface area contributed by atoms with Crippen molar-refractivity contribution >= 4 is 17.9 Å². The van der Waals surface area contributed by atoms with Gasteiger partial charge in [-0.05, 0) is 18.9 Å². The van der Waals surface area contributed by atoms with Crippen LogP contribution in [0.5, 0.6) is 0 Å². The molecule has 2 N–H and O–H groups in total. The highest BCUT2D eigenvalue weighted by Gasteiger charge is 2.52. The van der Waals surface area contributed by atoms with Crippen LogP contribution in [0.3, 0.4) is 0 Å². The Balaban J connectivity index is 2.41. The number of hydrogen-bond acceptors (Lipinski definition) is 3. The third-order valence-corrected chi connectivity index (χ3v) is 3.56. The second kappa shape index (κ2) is 4.96. The number of nitrogens with zero attached hydrogens (tertiary/aromatic N) is 1. The predicted molar refractivity (Wildman–Crippen MR) is 70.9 cm³/mol. The molecule has 0 spiro atoms. The third kappa shape index (κ3) is 2.03. The Morgan fingerprint density at radius 1 is 1.35 bits per heavy atom. The van der Waals surface area contributed by atoms with E-state index in [0.717, 1.165) is 4.90 Å². The Bertz CT molecular complexity index is 558. The van der Waals surface area contributed by atoms with E-state index < -0.39 is 29.5 Å². The molecule has 6 heteroatoms. The molecule has 1 aliphatic rings. The van der Waals surface area contributed by atoms with Gasteiger partial charge in [0, 0.05) is 0 Å². The molecule has 0 radical (unpaired) electrons. The summed E-state index contributed by atoms with van der Waals surface area (Å²) in [6.07, 6.45) is 0.166. The third-order valence-electron chi connectivity index (χ3n) is 3.56. The normalized spacial score (nSPS) is 23.6. The number of carboxylic acids is 1. The number of hydrogen-bond donors (Lipinski definition) is 2. The van der Waals surface area contributed by atoms with Crippen LogP contribution in [0.15, 0.2) is 30.3 Å². The monoisotopic (exact) mass is 276 g/mol. The zero-order valence-electron chi connectivity index (χ0n) is 11.3. The van der Waals surface area contributed by atoms with Gasteiger partial charge in [-0.2, -0.15) is 0 Å². The minimum atomic E-state index is -1.22. The first-order valence-electron chi connectivity index (χ1n) is 6.36. The van der Waals surface area contributed by atoms with Crippen LogP contribution in [0.4, 0.5) is 4.79 Å². The SMILES string of the molecule is CCC(C(=O)O)N1C(=O)NC(C)(c2ccccc2)C1=O. The molecule has 2 atom stereocenters. The standard InChI is InChI=1S/C14H16N2O4/c1-3-10(11(17)18)16-12(19)14(2,15-13(16)20)9-7-5-4-6-8-9/h4-8,10H,3H2,1-2H3,(H,15,20)(H,17,18). The van der Waals surface area contributed by atoms with Gasteiger partial charge in [0.25, 0.3) is 5.91 Å². The average molecular weight is 276 g/mol. The van der Waals surface area contributed by atoms with E-state index in [4.69, 9.17) is 5.11 Å². The second-order valence-corrected chi connectivity index (χ2v) is 4.86. The summed E-state index contributed by atoms with van der Waals surface area (Å²) in [6, 6.07) is 6.96. The van der Waals surface area contributed by atoms with E-state index in [2.05, 4.69) is 5.32 Å². The lowest BCUT2D eigenvalue weighted by molar-refractivity contribution is -0.147. The second-order valence-electron chi connectivity index (χ2n) is 4.86. The largest absolute Gasteiger partial charge is 0.480 e. The molecule has 2 unspecified atom stereocenters. The first-order valence-corrected chi connectivity index (χ1v) is 6.36. The number of carbonyl (C=O) groups excluding carboxylic acids is 2. The number of urea groups is 1. The number of rotatable bonds is 4. The van der Waals surface area contributed by atoms with Gasteiger partial charge in [-0.25, -0.2) is 14.5 Å². The number of aliphatic carboxylic acids is 1. The van der Waals surface area contributed by atoms with Gasteiger partial charge in [-0.3, -0.25) is 4.79 Å². The molecule has 6 nitrogen and oxygen atoms in total. The Labute approximate surface area is 116 Å². The number of amides is 3. The van der Waals surface area contributed by atoms with Gasteiger partial charge in [-0.1, -0.05) is 37.3 Å². The van der Waals surface area contributed by atoms with Crippen LogP contribution in [0.2, 0.25) is 0 Å². The van der Waals surface area contributed by atoms with Crippen molar-refractivity contribution in [2.75, 3.05) is 0 Å². The van der Waals surface area contributed by atoms with E-state index in [0.29, 0.717) is 5.56 Å². The maximum atomic E-state index is 12.5. The molecule has 1 saturated heterocycles. The number of carboxylic acid groups (broad SMARTS) is 1. The van der Waals surface area contributed by atoms with Crippen LogP contribution < -0.4 is 5.32 Å². The molecule has 0 aliphatic carbocycles. The fourth-order valence-electron chi connectivity index (χ4n) is 2.38. The van der Waals surface area contributed by atoms with Crippen molar-refractivity contribution in [1.29, 1.82) is 0 Å². The summed E-state index contributed by atoms with van der Waals surface area (Å²) in [5.41, 5.74) is -0.595. The molecular weight excluding hydrogens is 260 g/mol. The van der Waals surface area contributed by atoms with Crippen LogP contribution in [0, 0.1) is 0 Å². The number of benzene rings is 1. The van der Waals surface area contributed by atoms with Gasteiger partial charge in [-0.15, -0.1) is 0 Å². The van der Waals surface area contributed by atoms with Gasteiger partial charge < -0.3 is 10.4 Å². The molecule has 0 bridgehead atoms. The Kier molecular flexibility index (Phi) is 3.48. The maximum absolute atomic E-state index is 12.5. The van der Waals surface area contributed by atoms with Crippen molar-refractivity contribution < 1.29 is 19.5 Å². The van der Waals surface area contributed by atoms with Gasteiger partial charge in [0.05, 0.1) is 0 Å². The molecule has 20 heavy (non-hydrogen) atoms. The lowest BCUT2D eigenvalue weighted by Crippen LogP contribution is -2.46. The molecule has 1 aliphatic heterocycles. The van der Waals surface area contributed by atoms with Crippen molar-refractivity contribution in [2.24, 2.45) is 0 Å². The van der Waals surface area contributed by atoms with Gasteiger partial charge in [0.2, 0.25) is 0 Å². The lowest BCUT2D eigenvalue weighted by Gasteiger charge is -2.24. The minimum Gasteiger partial charge on any atom is -0.480 e. The van der Waals surface area contributed by atoms with Crippen molar-refractivity contribution in [1.82, 2.24) is 10.2 Å². The first kappa shape index (κ1) is 14.0. The summed E-state index contributed by atoms with van der Waals surface area (Å²) in [5, 5.41) is 11.7. The van der Waals surface area contributed by atoms with Crippen LogP contribution in [-0.2, 0) is 15.1 Å². The fraction of sp³-hybridized carbons (Fsp3) is 0.357. The maximum Gasteiger partial charge on any atom is 0.326 e. The van der Waals surface area contributed by atoms with Crippen LogP contribution in [0.1, 0.15) is 25.8 Å². The van der Waals surface area contributed by atoms with Crippen LogP contribution in [-0.4, -0.2) is 34.0 Å². The van der Waals surface area contributed by atoms with E-state index in [1.165, 1.54) is 0 Å². The molecular formula is C14H16N2O4. The molecule has 3 amide bonds. The number of nitrogens with one attached hydrogen (secondary N) is 1. The molecule has 1 aromatic rings. The number of carbonyl (C=O) groups is 3. The molecule has 1 aromatic carbocycles. The highest BCUT2D eigenvalue weighted by Crippen LogP contribution is 2.30. The summed E-state index contributed by atoms with van der Waals surface area (Å²) >= 11 is 0. The Hall–Kier alpha value is -2.37. The molecule has 106 valence electrons. The topological polar surface area (TPSA) is 86.7 Å². The number of imide groups is 1. The van der Waals surface area contributed by atoms with Crippen molar-refractivity contribution in [2.45, 2.75) is 31.8 Å². The molecule has 0 saturated carbocycles. The van der Waals surface area contributed by atoms with Crippen molar-refractivity contribution in [3.05, 3.63) is 35.9 Å². The van der Waals surface area contributed by atoms with Gasteiger partial charge in [0.1, 0.15) is 11.6 Å². The molecule has 1 heterocycles. The summed E-state index contributed by atoms with van der Waals surface area (Å²) < 4.78 is 0. The smallest absolute Gasteiger partial charge is 0.326 e. The van der Waals surface area contributed by atoms with E-state index in [1.54, 1.807) is 44.2 Å². The Morgan fingerprint density at radius 3 is 2.45 bits per heavy atom. The minimum absolute atomic E-state index is 0.166. The quantitative estimate of drug-likeness (QED) is 0.812. The van der Waals surface area contributed by atoms with Gasteiger partial charge in [0.15, 0.2) is 0 Å². The van der Waals surface area contributed by atoms with Gasteiger partial charge >= 0.3 is 12.0 Å².